The summed E-state index contributed by atoms with van der Waals surface area (Å²) >= 11 is 0. The number of rotatable bonds is 9. The van der Waals surface area contributed by atoms with Gasteiger partial charge in [-0.05, 0) is 46.0 Å². The fourth-order valence-electron chi connectivity index (χ4n) is 4.15. The van der Waals surface area contributed by atoms with Gasteiger partial charge in [-0.1, -0.05) is 72.5 Å². The quantitative estimate of drug-likeness (QED) is 0.368. The molecule has 1 aromatic heterocycles. The number of aliphatic imine (C=N–C) groups is 1. The highest BCUT2D eigenvalue weighted by molar-refractivity contribution is 5.89. The Hall–Kier alpha value is -3.34. The molecule has 0 saturated heterocycles. The molecule has 2 heterocycles. The number of fused-ring (bicyclic) bond motifs is 1. The molecule has 33 heavy (non-hydrogen) atoms. The zero-order valence-corrected chi connectivity index (χ0v) is 19.5. The number of carbonyl (C=O) groups is 1. The lowest BCUT2D eigenvalue weighted by Crippen LogP contribution is -2.10. The zero-order chi connectivity index (χ0) is 23.2. The Kier molecular flexibility index (Phi) is 7.28. The monoisotopic (exact) mass is 441 g/mol. The molecule has 1 aliphatic rings. The van der Waals surface area contributed by atoms with Gasteiger partial charge in [0.15, 0.2) is 5.82 Å². The summed E-state index contributed by atoms with van der Waals surface area (Å²) in [5, 5.41) is 8.76. The summed E-state index contributed by atoms with van der Waals surface area (Å²) in [6.45, 7) is 4.17. The summed E-state index contributed by atoms with van der Waals surface area (Å²) in [5.41, 5.74) is 8.48. The van der Waals surface area contributed by atoms with E-state index >= 15 is 0 Å². The highest BCUT2D eigenvalue weighted by Gasteiger charge is 2.20. The van der Waals surface area contributed by atoms with Crippen LogP contribution in [0.3, 0.4) is 0 Å². The second-order valence-corrected chi connectivity index (χ2v) is 8.91. The third-order valence-corrected chi connectivity index (χ3v) is 6.12. The summed E-state index contributed by atoms with van der Waals surface area (Å²) in [7, 11) is 0. The number of carboxylic acids is 1. The SMILES string of the molecule is Cc1ccc(-c2nc3c(nc2-c2ccc(C)cc2)N=C(CCCCCCC(=O)O)CC3)cc1. The number of benzene rings is 2. The summed E-state index contributed by atoms with van der Waals surface area (Å²) < 4.78 is 0. The van der Waals surface area contributed by atoms with Gasteiger partial charge in [0.05, 0.1) is 17.1 Å². The molecular weight excluding hydrogens is 410 g/mol. The number of aliphatic carboxylic acids is 1. The van der Waals surface area contributed by atoms with Crippen LogP contribution >= 0.6 is 0 Å². The lowest BCUT2D eigenvalue weighted by Gasteiger charge is -2.18. The molecule has 0 fully saturated rings. The average Bonchev–Trinajstić information content (AvgIpc) is 2.81. The molecule has 0 spiro atoms. The maximum absolute atomic E-state index is 10.6. The van der Waals surface area contributed by atoms with E-state index in [1.54, 1.807) is 0 Å². The van der Waals surface area contributed by atoms with Crippen LogP contribution in [-0.4, -0.2) is 26.8 Å². The van der Waals surface area contributed by atoms with E-state index in [9.17, 15) is 4.79 Å². The molecule has 0 atom stereocenters. The van der Waals surface area contributed by atoms with Gasteiger partial charge in [-0.15, -0.1) is 0 Å². The highest BCUT2D eigenvalue weighted by Crippen LogP contribution is 2.34. The number of aryl methyl sites for hydroxylation is 3. The van der Waals surface area contributed by atoms with E-state index in [2.05, 4.69) is 62.4 Å². The fourth-order valence-corrected chi connectivity index (χ4v) is 4.15. The number of nitrogens with zero attached hydrogens (tertiary/aromatic N) is 3. The lowest BCUT2D eigenvalue weighted by atomic mass is 9.99. The molecule has 0 unspecified atom stereocenters. The average molecular weight is 442 g/mol. The molecule has 0 saturated carbocycles. The molecule has 0 radical (unpaired) electrons. The van der Waals surface area contributed by atoms with Gasteiger partial charge < -0.3 is 5.11 Å². The first-order valence-electron chi connectivity index (χ1n) is 11.8. The van der Waals surface area contributed by atoms with Crippen molar-refractivity contribution in [2.75, 3.05) is 0 Å². The van der Waals surface area contributed by atoms with Crippen LogP contribution in [0.4, 0.5) is 5.82 Å². The predicted molar refractivity (Wildman–Crippen MR) is 133 cm³/mol. The maximum atomic E-state index is 10.6. The highest BCUT2D eigenvalue weighted by atomic mass is 16.4. The Labute approximate surface area is 195 Å². The summed E-state index contributed by atoms with van der Waals surface area (Å²) in [6.07, 6.45) is 6.73. The Balaban J connectivity index is 1.59. The van der Waals surface area contributed by atoms with E-state index in [-0.39, 0.29) is 6.42 Å². The third kappa shape index (κ3) is 5.92. The van der Waals surface area contributed by atoms with Crippen molar-refractivity contribution < 1.29 is 9.90 Å². The van der Waals surface area contributed by atoms with Crippen molar-refractivity contribution in [2.24, 2.45) is 4.99 Å². The van der Waals surface area contributed by atoms with E-state index in [1.807, 2.05) is 0 Å². The molecule has 2 aromatic carbocycles. The van der Waals surface area contributed by atoms with Gasteiger partial charge in [-0.2, -0.15) is 0 Å². The topological polar surface area (TPSA) is 75.4 Å². The first kappa shape index (κ1) is 22.8. The van der Waals surface area contributed by atoms with Gasteiger partial charge in [0.2, 0.25) is 0 Å². The van der Waals surface area contributed by atoms with E-state index in [0.29, 0.717) is 0 Å². The van der Waals surface area contributed by atoms with E-state index in [1.165, 1.54) is 16.8 Å². The van der Waals surface area contributed by atoms with E-state index in [4.69, 9.17) is 20.1 Å². The summed E-state index contributed by atoms with van der Waals surface area (Å²) in [4.78, 5) is 25.6. The minimum absolute atomic E-state index is 0.259. The zero-order valence-electron chi connectivity index (χ0n) is 19.5. The van der Waals surface area contributed by atoms with Crippen molar-refractivity contribution in [2.45, 2.75) is 65.2 Å². The van der Waals surface area contributed by atoms with Crippen LogP contribution in [0.25, 0.3) is 22.5 Å². The van der Waals surface area contributed by atoms with Crippen LogP contribution in [0.15, 0.2) is 53.5 Å². The molecule has 5 heteroatoms. The van der Waals surface area contributed by atoms with E-state index < -0.39 is 5.97 Å². The van der Waals surface area contributed by atoms with Crippen LogP contribution in [0, 0.1) is 13.8 Å². The standard InChI is InChI=1S/C28H31N3O2/c1-19-9-13-21(14-10-19)26-27(22-15-11-20(2)12-16-22)31-28-24(30-26)18-17-23(29-28)7-5-3-4-6-8-25(32)33/h9-16H,3-8,17-18H2,1-2H3,(H,32,33). The van der Waals surface area contributed by atoms with E-state index in [0.717, 1.165) is 79.0 Å². The Bertz CT molecular complexity index is 1150. The second kappa shape index (κ2) is 10.5. The molecule has 4 rings (SSSR count). The predicted octanol–water partition coefficient (Wildman–Crippen LogP) is 6.87. The van der Waals surface area contributed by atoms with Crippen molar-refractivity contribution in [1.29, 1.82) is 0 Å². The molecule has 0 aliphatic carbocycles. The molecular formula is C28H31N3O2. The number of unbranched alkanes of at least 4 members (excludes halogenated alkanes) is 3. The lowest BCUT2D eigenvalue weighted by molar-refractivity contribution is -0.137. The maximum Gasteiger partial charge on any atom is 0.303 e. The van der Waals surface area contributed by atoms with Crippen LogP contribution in [-0.2, 0) is 11.2 Å². The Morgan fingerprint density at radius 1 is 0.788 bits per heavy atom. The van der Waals surface area contributed by atoms with Gasteiger partial charge >= 0.3 is 5.97 Å². The molecule has 170 valence electrons. The van der Waals surface area contributed by atoms with Gasteiger partial charge in [0.25, 0.3) is 0 Å². The van der Waals surface area contributed by atoms with Gasteiger partial charge in [-0.25, -0.2) is 15.0 Å². The minimum Gasteiger partial charge on any atom is -0.481 e. The van der Waals surface area contributed by atoms with Crippen LogP contribution in [0.2, 0.25) is 0 Å². The molecule has 0 bridgehead atoms. The smallest absolute Gasteiger partial charge is 0.303 e. The third-order valence-electron chi connectivity index (χ3n) is 6.12. The van der Waals surface area contributed by atoms with Crippen molar-refractivity contribution in [1.82, 2.24) is 9.97 Å². The number of carboxylic acid groups (broad SMARTS) is 1. The summed E-state index contributed by atoms with van der Waals surface area (Å²) in [6, 6.07) is 16.9. The van der Waals surface area contributed by atoms with Gasteiger partial charge in [-0.3, -0.25) is 4.79 Å². The van der Waals surface area contributed by atoms with Crippen LogP contribution in [0.1, 0.15) is 61.8 Å². The molecule has 1 aliphatic heterocycles. The fraction of sp³-hybridized carbons (Fsp3) is 0.357. The van der Waals surface area contributed by atoms with Crippen molar-refractivity contribution >= 4 is 17.5 Å². The Morgan fingerprint density at radius 3 is 1.97 bits per heavy atom. The normalized spacial score (nSPS) is 12.8. The number of aromatic nitrogens is 2. The molecule has 5 nitrogen and oxygen atoms in total. The van der Waals surface area contributed by atoms with Crippen molar-refractivity contribution in [3.8, 4) is 22.5 Å². The van der Waals surface area contributed by atoms with Gasteiger partial charge in [0.1, 0.15) is 0 Å². The molecule has 3 aromatic rings. The Morgan fingerprint density at radius 2 is 1.36 bits per heavy atom. The largest absolute Gasteiger partial charge is 0.481 e. The van der Waals surface area contributed by atoms with Crippen LogP contribution in [0.5, 0.6) is 0 Å². The second-order valence-electron chi connectivity index (χ2n) is 8.91. The van der Waals surface area contributed by atoms with Crippen molar-refractivity contribution in [3.05, 3.63) is 65.4 Å². The first-order valence-corrected chi connectivity index (χ1v) is 11.8. The molecule has 1 N–H and O–H groups in total. The molecule has 0 amide bonds. The summed E-state index contributed by atoms with van der Waals surface area (Å²) in [5.74, 6) is 0.0322. The minimum atomic E-state index is -0.712. The van der Waals surface area contributed by atoms with Gasteiger partial charge in [0, 0.05) is 23.3 Å². The van der Waals surface area contributed by atoms with Crippen LogP contribution < -0.4 is 0 Å². The first-order chi connectivity index (χ1) is 16.0. The number of hydrogen-bond acceptors (Lipinski definition) is 4. The number of hydrogen-bond donors (Lipinski definition) is 1. The van der Waals surface area contributed by atoms with Crippen molar-refractivity contribution in [3.63, 3.8) is 0 Å².